The molecule has 2 aromatic heterocycles. The second-order valence-corrected chi connectivity index (χ2v) is 4.44. The summed E-state index contributed by atoms with van der Waals surface area (Å²) in [4.78, 5) is 15.7. The van der Waals surface area contributed by atoms with Crippen LogP contribution in [0.15, 0.2) is 24.4 Å². The lowest BCUT2D eigenvalue weighted by Crippen LogP contribution is -2.26. The fraction of sp³-hybridized carbons (Fsp3) is 0.250. The van der Waals surface area contributed by atoms with E-state index in [-0.39, 0.29) is 16.9 Å². The van der Waals surface area contributed by atoms with Crippen molar-refractivity contribution in [3.05, 3.63) is 40.8 Å². The van der Waals surface area contributed by atoms with E-state index in [1.165, 1.54) is 12.1 Å². The first-order valence-electron chi connectivity index (χ1n) is 5.74. The highest BCUT2D eigenvalue weighted by molar-refractivity contribution is 6.29. The maximum Gasteiger partial charge on any atom is 0.251 e. The summed E-state index contributed by atoms with van der Waals surface area (Å²) in [5.74, 6) is 0.00227. The minimum Gasteiger partial charge on any atom is -0.384 e. The highest BCUT2D eigenvalue weighted by atomic mass is 35.5. The van der Waals surface area contributed by atoms with E-state index in [1.807, 2.05) is 13.1 Å². The van der Waals surface area contributed by atoms with Crippen LogP contribution in [0.3, 0.4) is 0 Å². The molecule has 0 aliphatic heterocycles. The van der Waals surface area contributed by atoms with Gasteiger partial charge in [0.05, 0.1) is 0 Å². The first kappa shape index (κ1) is 13.4. The molecule has 0 aliphatic rings. The molecule has 19 heavy (non-hydrogen) atoms. The van der Waals surface area contributed by atoms with E-state index in [2.05, 4.69) is 15.4 Å². The Kier molecular flexibility index (Phi) is 4.01. The average molecular weight is 280 g/mol. The van der Waals surface area contributed by atoms with Gasteiger partial charge in [-0.2, -0.15) is 5.10 Å². The lowest BCUT2D eigenvalue weighted by atomic mass is 10.2. The van der Waals surface area contributed by atoms with Gasteiger partial charge in [-0.25, -0.2) is 4.98 Å². The van der Waals surface area contributed by atoms with Gasteiger partial charge in [-0.05, 0) is 18.2 Å². The Labute approximate surface area is 115 Å². The number of nitrogens with one attached hydrogen (secondary N) is 1. The molecule has 2 heterocycles. The molecule has 2 rings (SSSR count). The van der Waals surface area contributed by atoms with E-state index < -0.39 is 0 Å². The van der Waals surface area contributed by atoms with Crippen molar-refractivity contribution in [3.63, 3.8) is 0 Å². The van der Waals surface area contributed by atoms with Crippen LogP contribution in [-0.4, -0.2) is 27.2 Å². The maximum absolute atomic E-state index is 11.9. The van der Waals surface area contributed by atoms with Crippen molar-refractivity contribution in [1.29, 1.82) is 0 Å². The molecular weight excluding hydrogens is 266 g/mol. The summed E-state index contributed by atoms with van der Waals surface area (Å²) in [6, 6.07) is 4.88. The molecule has 0 aliphatic carbocycles. The largest absolute Gasteiger partial charge is 0.384 e. The van der Waals surface area contributed by atoms with Crippen molar-refractivity contribution >= 4 is 23.3 Å². The third-order valence-electron chi connectivity index (χ3n) is 2.67. The summed E-state index contributed by atoms with van der Waals surface area (Å²) in [5.41, 5.74) is 6.99. The third kappa shape index (κ3) is 3.45. The molecular formula is C12H14ClN5O. The predicted molar refractivity (Wildman–Crippen MR) is 72.9 cm³/mol. The molecule has 6 nitrogen and oxygen atoms in total. The number of hydrogen-bond acceptors (Lipinski definition) is 4. The summed E-state index contributed by atoms with van der Waals surface area (Å²) in [6.07, 6.45) is 2.43. The SMILES string of the molecule is Cn1nccc1CCNC(=O)c1cc(N)nc(Cl)c1. The van der Waals surface area contributed by atoms with Crippen molar-refractivity contribution in [2.45, 2.75) is 6.42 Å². The van der Waals surface area contributed by atoms with Gasteiger partial charge in [-0.1, -0.05) is 11.6 Å². The monoisotopic (exact) mass is 279 g/mol. The van der Waals surface area contributed by atoms with Crippen LogP contribution in [0.1, 0.15) is 16.1 Å². The minimum atomic E-state index is -0.224. The van der Waals surface area contributed by atoms with Crippen LogP contribution in [-0.2, 0) is 13.5 Å². The Balaban J connectivity index is 1.92. The van der Waals surface area contributed by atoms with Gasteiger partial charge in [0.25, 0.3) is 5.91 Å². The Morgan fingerprint density at radius 3 is 2.95 bits per heavy atom. The van der Waals surface area contributed by atoms with Gasteiger partial charge in [0.15, 0.2) is 0 Å². The van der Waals surface area contributed by atoms with Crippen molar-refractivity contribution in [2.75, 3.05) is 12.3 Å². The van der Waals surface area contributed by atoms with Gasteiger partial charge in [0, 0.05) is 37.5 Å². The zero-order valence-corrected chi connectivity index (χ0v) is 11.2. The van der Waals surface area contributed by atoms with E-state index in [0.717, 1.165) is 5.69 Å². The molecule has 1 amide bonds. The molecule has 0 bridgehead atoms. The lowest BCUT2D eigenvalue weighted by molar-refractivity contribution is 0.0954. The van der Waals surface area contributed by atoms with Crippen molar-refractivity contribution in [3.8, 4) is 0 Å². The van der Waals surface area contributed by atoms with Crippen LogP contribution in [0.25, 0.3) is 0 Å². The number of carbonyl (C=O) groups excluding carboxylic acids is 1. The van der Waals surface area contributed by atoms with E-state index in [1.54, 1.807) is 10.9 Å². The highest BCUT2D eigenvalue weighted by Gasteiger charge is 2.08. The zero-order chi connectivity index (χ0) is 13.8. The van der Waals surface area contributed by atoms with Crippen LogP contribution in [0.5, 0.6) is 0 Å². The first-order chi connectivity index (χ1) is 9.06. The number of amides is 1. The minimum absolute atomic E-state index is 0.205. The van der Waals surface area contributed by atoms with Gasteiger partial charge >= 0.3 is 0 Å². The zero-order valence-electron chi connectivity index (χ0n) is 10.4. The molecule has 2 aromatic rings. The number of hydrogen-bond donors (Lipinski definition) is 2. The Morgan fingerprint density at radius 2 is 2.32 bits per heavy atom. The fourth-order valence-corrected chi connectivity index (χ4v) is 1.92. The van der Waals surface area contributed by atoms with E-state index in [9.17, 15) is 4.79 Å². The number of pyridine rings is 1. The number of halogens is 1. The quantitative estimate of drug-likeness (QED) is 0.818. The summed E-state index contributed by atoms with van der Waals surface area (Å²) >= 11 is 5.75. The number of nitrogen functional groups attached to an aromatic ring is 1. The normalized spacial score (nSPS) is 10.4. The van der Waals surface area contributed by atoms with Crippen LogP contribution in [0.4, 0.5) is 5.82 Å². The number of rotatable bonds is 4. The molecule has 0 unspecified atom stereocenters. The van der Waals surface area contributed by atoms with E-state index in [4.69, 9.17) is 17.3 Å². The number of anilines is 1. The van der Waals surface area contributed by atoms with Gasteiger partial charge in [0.2, 0.25) is 0 Å². The molecule has 3 N–H and O–H groups in total. The van der Waals surface area contributed by atoms with E-state index >= 15 is 0 Å². The van der Waals surface area contributed by atoms with E-state index in [0.29, 0.717) is 18.5 Å². The Morgan fingerprint density at radius 1 is 1.53 bits per heavy atom. The summed E-state index contributed by atoms with van der Waals surface area (Å²) in [5, 5.41) is 7.06. The van der Waals surface area contributed by atoms with Crippen LogP contribution in [0, 0.1) is 0 Å². The van der Waals surface area contributed by atoms with Gasteiger partial charge < -0.3 is 11.1 Å². The van der Waals surface area contributed by atoms with Crippen LogP contribution in [0.2, 0.25) is 5.15 Å². The summed E-state index contributed by atoms with van der Waals surface area (Å²) in [6.45, 7) is 0.512. The Hall–Kier alpha value is -2.08. The first-order valence-corrected chi connectivity index (χ1v) is 6.12. The number of carbonyl (C=O) groups is 1. The molecule has 0 aromatic carbocycles. The summed E-state index contributed by atoms with van der Waals surface area (Å²) < 4.78 is 1.77. The number of nitrogens with zero attached hydrogens (tertiary/aromatic N) is 3. The lowest BCUT2D eigenvalue weighted by Gasteiger charge is -2.06. The molecule has 0 fully saturated rings. The standard InChI is InChI=1S/C12H14ClN5O/c1-18-9(3-5-16-18)2-4-15-12(19)8-6-10(13)17-11(14)7-8/h3,5-7H,2,4H2,1H3,(H2,14,17)(H,15,19). The maximum atomic E-state index is 11.9. The molecule has 0 atom stereocenters. The van der Waals surface area contributed by atoms with Gasteiger partial charge in [0.1, 0.15) is 11.0 Å². The summed E-state index contributed by atoms with van der Waals surface area (Å²) in [7, 11) is 1.86. The fourth-order valence-electron chi connectivity index (χ4n) is 1.70. The third-order valence-corrected chi connectivity index (χ3v) is 2.86. The average Bonchev–Trinajstić information content (AvgIpc) is 2.74. The van der Waals surface area contributed by atoms with Crippen LogP contribution < -0.4 is 11.1 Å². The van der Waals surface area contributed by atoms with Crippen molar-refractivity contribution < 1.29 is 4.79 Å². The molecule has 7 heteroatoms. The number of nitrogens with two attached hydrogens (primary N) is 1. The van der Waals surface area contributed by atoms with Gasteiger partial charge in [-0.15, -0.1) is 0 Å². The number of aromatic nitrogens is 3. The predicted octanol–water partition coefficient (Wildman–Crippen LogP) is 1.02. The van der Waals surface area contributed by atoms with Gasteiger partial charge in [-0.3, -0.25) is 9.48 Å². The van der Waals surface area contributed by atoms with Crippen molar-refractivity contribution in [2.24, 2.45) is 7.05 Å². The molecule has 0 spiro atoms. The molecule has 100 valence electrons. The topological polar surface area (TPSA) is 85.8 Å². The number of aryl methyl sites for hydroxylation is 1. The molecule has 0 radical (unpaired) electrons. The smallest absolute Gasteiger partial charge is 0.251 e. The van der Waals surface area contributed by atoms with Crippen molar-refractivity contribution in [1.82, 2.24) is 20.1 Å². The molecule has 0 saturated carbocycles. The highest BCUT2D eigenvalue weighted by Crippen LogP contribution is 2.11. The second kappa shape index (κ2) is 5.71. The van der Waals surface area contributed by atoms with Crippen LogP contribution >= 0.6 is 11.6 Å². The molecule has 0 saturated heterocycles. The second-order valence-electron chi connectivity index (χ2n) is 4.06. The Bertz CT molecular complexity index is 575.